The van der Waals surface area contributed by atoms with E-state index in [-0.39, 0.29) is 5.41 Å². The van der Waals surface area contributed by atoms with Crippen LogP contribution in [0, 0.1) is 0 Å². The highest BCUT2D eigenvalue weighted by Gasteiger charge is 2.23. The largest absolute Gasteiger partial charge is 0.226 e. The highest BCUT2D eigenvalue weighted by Crippen LogP contribution is 2.32. The minimum Gasteiger partial charge on any atom is -0.226 e. The van der Waals surface area contributed by atoms with Crippen LogP contribution in [0.3, 0.4) is 0 Å². The summed E-state index contributed by atoms with van der Waals surface area (Å²) in [6.45, 7) is 6.67. The van der Waals surface area contributed by atoms with E-state index in [0.717, 1.165) is 33.9 Å². The summed E-state index contributed by atoms with van der Waals surface area (Å²) in [5.41, 5.74) is 6.51. The van der Waals surface area contributed by atoms with Crippen molar-refractivity contribution < 1.29 is 0 Å². The number of nitrogens with zero attached hydrogens (tertiary/aromatic N) is 2. The summed E-state index contributed by atoms with van der Waals surface area (Å²) >= 11 is 0. The Balaban J connectivity index is 1.74. The number of hydrogen-bond donors (Lipinski definition) is 0. The van der Waals surface area contributed by atoms with Crippen LogP contribution in [0.15, 0.2) is 89.9 Å². The molecule has 133 valence electrons. The molecule has 0 amide bonds. The SMILES string of the molecule is CC(C)(C)c1ccc(C2=NC(c3ccccc3)=C(c3ccccc3)[N]2)cc1. The van der Waals surface area contributed by atoms with E-state index in [9.17, 15) is 0 Å². The molecule has 0 bridgehead atoms. The Morgan fingerprint density at radius 1 is 0.556 bits per heavy atom. The van der Waals surface area contributed by atoms with Gasteiger partial charge in [-0.3, -0.25) is 0 Å². The molecule has 0 fully saturated rings. The van der Waals surface area contributed by atoms with Gasteiger partial charge in [0, 0.05) is 16.7 Å². The van der Waals surface area contributed by atoms with Crippen molar-refractivity contribution in [2.75, 3.05) is 0 Å². The molecule has 1 heterocycles. The zero-order valence-electron chi connectivity index (χ0n) is 16.0. The molecule has 2 heteroatoms. The fourth-order valence-corrected chi connectivity index (χ4v) is 3.19. The van der Waals surface area contributed by atoms with Gasteiger partial charge < -0.3 is 0 Å². The highest BCUT2D eigenvalue weighted by atomic mass is 15.1. The van der Waals surface area contributed by atoms with Gasteiger partial charge in [-0.25, -0.2) is 10.3 Å². The van der Waals surface area contributed by atoms with Gasteiger partial charge >= 0.3 is 0 Å². The predicted octanol–water partition coefficient (Wildman–Crippen LogP) is 5.87. The quantitative estimate of drug-likeness (QED) is 0.564. The molecule has 1 aliphatic rings. The number of rotatable bonds is 3. The van der Waals surface area contributed by atoms with Crippen LogP contribution >= 0.6 is 0 Å². The second kappa shape index (κ2) is 6.88. The fourth-order valence-electron chi connectivity index (χ4n) is 3.19. The third-order valence-corrected chi connectivity index (χ3v) is 4.76. The van der Waals surface area contributed by atoms with Gasteiger partial charge in [0.15, 0.2) is 5.84 Å². The third-order valence-electron chi connectivity index (χ3n) is 4.76. The molecule has 1 radical (unpaired) electrons. The van der Waals surface area contributed by atoms with Crippen molar-refractivity contribution in [1.29, 1.82) is 0 Å². The van der Waals surface area contributed by atoms with Crippen LogP contribution in [0.2, 0.25) is 0 Å². The van der Waals surface area contributed by atoms with E-state index in [1.807, 2.05) is 36.4 Å². The first-order valence-electron chi connectivity index (χ1n) is 9.29. The topological polar surface area (TPSA) is 26.5 Å². The molecule has 0 saturated carbocycles. The van der Waals surface area contributed by atoms with Crippen LogP contribution in [-0.2, 0) is 5.41 Å². The summed E-state index contributed by atoms with van der Waals surface area (Å²) in [4.78, 5) is 4.91. The number of benzene rings is 3. The molecule has 0 aromatic heterocycles. The lowest BCUT2D eigenvalue weighted by atomic mass is 9.86. The van der Waals surface area contributed by atoms with Crippen molar-refractivity contribution in [1.82, 2.24) is 5.32 Å². The zero-order chi connectivity index (χ0) is 18.9. The molecule has 0 aliphatic carbocycles. The second-order valence-electron chi connectivity index (χ2n) is 7.80. The first kappa shape index (κ1) is 17.3. The van der Waals surface area contributed by atoms with Gasteiger partial charge in [0.25, 0.3) is 0 Å². The van der Waals surface area contributed by atoms with Gasteiger partial charge in [-0.15, -0.1) is 0 Å². The summed E-state index contributed by atoms with van der Waals surface area (Å²) < 4.78 is 0. The van der Waals surface area contributed by atoms with Gasteiger partial charge in [0.1, 0.15) is 0 Å². The summed E-state index contributed by atoms with van der Waals surface area (Å²) in [6.07, 6.45) is 0. The minimum absolute atomic E-state index is 0.135. The molecule has 4 rings (SSSR count). The van der Waals surface area contributed by atoms with E-state index in [1.165, 1.54) is 5.56 Å². The van der Waals surface area contributed by atoms with Gasteiger partial charge in [0.05, 0.1) is 11.4 Å². The Hall–Kier alpha value is -3.13. The molecule has 2 nitrogen and oxygen atoms in total. The molecular weight excluding hydrogens is 328 g/mol. The molecule has 0 spiro atoms. The molecule has 1 aliphatic heterocycles. The maximum atomic E-state index is 4.91. The summed E-state index contributed by atoms with van der Waals surface area (Å²) in [5, 5.41) is 4.91. The van der Waals surface area contributed by atoms with E-state index in [2.05, 4.69) is 69.3 Å². The van der Waals surface area contributed by atoms with Crippen molar-refractivity contribution in [3.63, 3.8) is 0 Å². The Kier molecular flexibility index (Phi) is 4.41. The van der Waals surface area contributed by atoms with E-state index < -0.39 is 0 Å². The molecule has 0 atom stereocenters. The van der Waals surface area contributed by atoms with E-state index >= 15 is 0 Å². The van der Waals surface area contributed by atoms with Crippen molar-refractivity contribution in [2.45, 2.75) is 26.2 Å². The summed E-state index contributed by atoms with van der Waals surface area (Å²) in [7, 11) is 0. The lowest BCUT2D eigenvalue weighted by molar-refractivity contribution is 0.590. The molecule has 27 heavy (non-hydrogen) atoms. The average Bonchev–Trinajstić information content (AvgIpc) is 3.14. The molecule has 3 aromatic rings. The molecule has 0 N–H and O–H groups in total. The summed E-state index contributed by atoms with van der Waals surface area (Å²) in [6, 6.07) is 29.1. The number of amidine groups is 1. The van der Waals surface area contributed by atoms with E-state index in [4.69, 9.17) is 10.3 Å². The van der Waals surface area contributed by atoms with Crippen LogP contribution in [-0.4, -0.2) is 5.84 Å². The smallest absolute Gasteiger partial charge is 0.160 e. The maximum absolute atomic E-state index is 4.91. The van der Waals surface area contributed by atoms with Crippen LogP contribution in [0.1, 0.15) is 43.0 Å². The fraction of sp³-hybridized carbons (Fsp3) is 0.160. The number of aliphatic imine (C=N–C) groups is 1. The van der Waals surface area contributed by atoms with Crippen LogP contribution in [0.5, 0.6) is 0 Å². The van der Waals surface area contributed by atoms with Crippen LogP contribution in [0.25, 0.3) is 11.4 Å². The summed E-state index contributed by atoms with van der Waals surface area (Å²) in [5.74, 6) is 0.771. The Labute approximate surface area is 161 Å². The standard InChI is InChI=1S/C25H23N2/c1-25(2,3)21-16-14-20(15-17-21)24-26-22(18-10-6-4-7-11-18)23(27-24)19-12-8-5-9-13-19/h4-17H,1-3H3. The lowest BCUT2D eigenvalue weighted by Crippen LogP contribution is -2.14. The monoisotopic (exact) mass is 351 g/mol. The Bertz CT molecular complexity index is 990. The molecule has 3 aromatic carbocycles. The zero-order valence-corrected chi connectivity index (χ0v) is 16.0. The van der Waals surface area contributed by atoms with Crippen molar-refractivity contribution >= 4 is 17.2 Å². The third kappa shape index (κ3) is 3.56. The van der Waals surface area contributed by atoms with Gasteiger partial charge in [0.2, 0.25) is 0 Å². The Morgan fingerprint density at radius 2 is 1.07 bits per heavy atom. The van der Waals surface area contributed by atoms with E-state index in [0.29, 0.717) is 0 Å². The second-order valence-corrected chi connectivity index (χ2v) is 7.80. The molecular formula is C25H23N2. The maximum Gasteiger partial charge on any atom is 0.160 e. The first-order valence-corrected chi connectivity index (χ1v) is 9.29. The van der Waals surface area contributed by atoms with E-state index in [1.54, 1.807) is 0 Å². The lowest BCUT2D eigenvalue weighted by Gasteiger charge is -2.19. The predicted molar refractivity (Wildman–Crippen MR) is 114 cm³/mol. The Morgan fingerprint density at radius 3 is 1.59 bits per heavy atom. The van der Waals surface area contributed by atoms with Crippen LogP contribution < -0.4 is 5.32 Å². The highest BCUT2D eigenvalue weighted by molar-refractivity contribution is 6.14. The van der Waals surface area contributed by atoms with Crippen LogP contribution in [0.4, 0.5) is 0 Å². The molecule has 0 saturated heterocycles. The van der Waals surface area contributed by atoms with Gasteiger partial charge in [-0.05, 0) is 11.0 Å². The van der Waals surface area contributed by atoms with Crippen molar-refractivity contribution in [3.8, 4) is 0 Å². The number of hydrogen-bond acceptors (Lipinski definition) is 1. The van der Waals surface area contributed by atoms with Gasteiger partial charge in [-0.1, -0.05) is 106 Å². The normalized spacial score (nSPS) is 14.1. The minimum atomic E-state index is 0.135. The van der Waals surface area contributed by atoms with Crippen molar-refractivity contribution in [3.05, 3.63) is 107 Å². The first-order chi connectivity index (χ1) is 13.0. The molecule has 0 unspecified atom stereocenters. The average molecular weight is 351 g/mol. The van der Waals surface area contributed by atoms with Gasteiger partial charge in [-0.2, -0.15) is 0 Å². The van der Waals surface area contributed by atoms with Crippen molar-refractivity contribution in [2.24, 2.45) is 4.99 Å².